The molecule has 1 heterocycles. The number of fused-ring (bicyclic) bond motifs is 9. The second kappa shape index (κ2) is 31.4. The molecule has 21 rings (SSSR count). The predicted octanol–water partition coefficient (Wildman–Crippen LogP) is 32.3. The molecule has 0 bridgehead atoms. The molecule has 2 unspecified atom stereocenters. The molecule has 2 atom stereocenters. The molecule has 0 saturated carbocycles. The number of rotatable bonds is 20. The van der Waals surface area contributed by atoms with Crippen LogP contribution in [0, 0.1) is 39.3 Å². The zero-order chi connectivity index (χ0) is 84.6. The van der Waals surface area contributed by atoms with Gasteiger partial charge in [-0.15, -0.1) is 0 Å². The minimum absolute atomic E-state index is 0.271. The highest BCUT2D eigenvalue weighted by molar-refractivity contribution is 6.09. The fourth-order valence-corrected chi connectivity index (χ4v) is 19.3. The van der Waals surface area contributed by atoms with E-state index in [2.05, 4.69) is 354 Å². The number of ether oxygens (including phenoxy) is 2. The van der Waals surface area contributed by atoms with Crippen LogP contribution in [0.4, 0.5) is 42.9 Å². The van der Waals surface area contributed by atoms with Crippen molar-refractivity contribution in [2.24, 2.45) is 0 Å². The summed E-state index contributed by atoms with van der Waals surface area (Å²) < 4.78 is 48.9. The zero-order valence-electron chi connectivity index (χ0n) is 69.5. The highest BCUT2D eigenvalue weighted by atomic mass is 19.1. The van der Waals surface area contributed by atoms with E-state index in [-0.39, 0.29) is 11.6 Å². The Hall–Kier alpha value is -15.7. The number of hydrogen-bond acceptors (Lipinski definition) is 5. The van der Waals surface area contributed by atoms with Gasteiger partial charge in [-0.2, -0.15) is 0 Å². The van der Waals surface area contributed by atoms with Crippen LogP contribution in [-0.4, -0.2) is 0 Å². The van der Waals surface area contributed by atoms with Crippen LogP contribution in [0.1, 0.15) is 77.9 Å². The quantitative estimate of drug-likeness (QED) is 0.0760. The van der Waals surface area contributed by atoms with Crippen LogP contribution in [0.5, 0.6) is 23.0 Å². The third kappa shape index (κ3) is 13.6. The fraction of sp³-hybridized carbons (Fsp3) is 0.0508. The molecule has 598 valence electrons. The summed E-state index contributed by atoms with van der Waals surface area (Å²) in [5, 5.41) is 1.87. The molecule has 18 aromatic carbocycles. The summed E-state index contributed by atoms with van der Waals surface area (Å²) in [5.74, 6) is 2.40. The topological polar surface area (TPSA) is 38.1 Å². The van der Waals surface area contributed by atoms with Crippen molar-refractivity contribution in [2.45, 2.75) is 38.5 Å². The summed E-state index contributed by atoms with van der Waals surface area (Å²) in [6.45, 7) is 16.8. The fourth-order valence-electron chi connectivity index (χ4n) is 19.3. The zero-order valence-corrected chi connectivity index (χ0v) is 69.5. The Labute approximate surface area is 727 Å². The number of furan rings is 1. The Morgan fingerprint density at radius 1 is 0.264 bits per heavy atom. The minimum Gasteiger partial charge on any atom is -0.457 e. The molecule has 0 spiro atoms. The van der Waals surface area contributed by atoms with E-state index in [9.17, 15) is 8.78 Å². The lowest BCUT2D eigenvalue weighted by Gasteiger charge is -2.36. The van der Waals surface area contributed by atoms with Gasteiger partial charge in [0, 0.05) is 44.9 Å². The number of halogens is 2. The smallest absolute Gasteiger partial charge is 0.135 e. The van der Waals surface area contributed by atoms with Crippen molar-refractivity contribution in [1.29, 1.82) is 0 Å². The Balaban J connectivity index is 0.743. The van der Waals surface area contributed by atoms with E-state index in [1.54, 1.807) is 0 Å². The highest BCUT2D eigenvalue weighted by Gasteiger charge is 2.49. The molecular formula is C118H84F2N2O3. The van der Waals surface area contributed by atoms with E-state index in [0.29, 0.717) is 0 Å². The average molecular weight is 1620 g/mol. The molecule has 0 aliphatic heterocycles. The van der Waals surface area contributed by atoms with Crippen molar-refractivity contribution in [3.8, 4) is 89.8 Å². The molecule has 5 nitrogen and oxygen atoms in total. The first-order chi connectivity index (χ1) is 61.2. The maximum Gasteiger partial charge on any atom is 0.135 e. The van der Waals surface area contributed by atoms with Crippen molar-refractivity contribution in [1.82, 2.24) is 0 Å². The molecule has 0 saturated heterocycles. The first-order valence-electron chi connectivity index (χ1n) is 42.4. The normalized spacial score (nSPS) is 14.1. The van der Waals surface area contributed by atoms with Crippen molar-refractivity contribution in [3.05, 3.63) is 503 Å². The average Bonchev–Trinajstić information content (AvgIpc) is 1.54. The van der Waals surface area contributed by atoms with Gasteiger partial charge < -0.3 is 23.7 Å². The van der Waals surface area contributed by atoms with E-state index >= 15 is 0 Å². The molecule has 7 heteroatoms. The molecule has 1 aromatic heterocycles. The van der Waals surface area contributed by atoms with Crippen LogP contribution in [0.25, 0.3) is 101 Å². The van der Waals surface area contributed by atoms with Gasteiger partial charge >= 0.3 is 0 Å². The van der Waals surface area contributed by atoms with Crippen LogP contribution in [-0.2, 0) is 10.8 Å². The SMILES string of the molecule is C=Cc1ccc(Oc2ccc(C3(c4cc(C)ccc4C)c4ccccc4-c4ccc(N(c5ccc(-c6cccc(-c7ccc(F)cc7)c6)cc5)c5ccc6oc7ccc(N(c8ccc(-c9cccc(-c%10ccc(F)cc%10)c9)cc8)c8ccc9c(c8)C(c8ccc(Oc%10ccc(C=C)cc%10)cc8)(c8cc(C)ccc8C)c8ccccc8-9)cc7c6c5)cc43)cc2)cc1. The van der Waals surface area contributed by atoms with Gasteiger partial charge in [-0.25, -0.2) is 8.78 Å². The Morgan fingerprint density at radius 3 is 0.952 bits per heavy atom. The van der Waals surface area contributed by atoms with Crippen LogP contribution >= 0.6 is 0 Å². The van der Waals surface area contributed by atoms with Gasteiger partial charge in [-0.3, -0.25) is 0 Å². The first-order valence-corrected chi connectivity index (χ1v) is 42.4. The van der Waals surface area contributed by atoms with Crippen molar-refractivity contribution in [3.63, 3.8) is 0 Å². The number of aryl methyl sites for hydroxylation is 4. The second-order valence-corrected chi connectivity index (χ2v) is 32.9. The molecule has 2 aliphatic carbocycles. The standard InChI is InChI=1S/C118H84F2N2O3/c1-7-79-27-55-99(56-28-79)123-101-59-39-89(40-60-101)117(111-67-75(3)23-25-77(111)5)109-21-11-9-19-103(109)105-63-51-97(73-113(105)117)121(93-47-35-83(36-48-93)87-17-13-15-85(69-87)81-31-43-91(119)44-32-81)95-53-65-115-107(71-95)108-72-96(54-66-116(108)125-115)122(94-49-37-84(38-50-94)88-18-14-16-86(70-88)82-33-45-92(120)46-34-82)98-52-64-106-104-20-10-12-22-110(104)118(114(106)74-98,112-68-76(4)24-26-78(112)6)90-41-61-102(62-42-90)124-100-57-29-80(8-2)30-58-100/h7-74H,1-2H2,3-6H3. The largest absolute Gasteiger partial charge is 0.457 e. The van der Waals surface area contributed by atoms with Gasteiger partial charge in [-0.1, -0.05) is 267 Å². The summed E-state index contributed by atoms with van der Waals surface area (Å²) in [6, 6.07) is 140. The second-order valence-electron chi connectivity index (χ2n) is 32.9. The lowest BCUT2D eigenvalue weighted by molar-refractivity contribution is 0.482. The number of anilines is 6. The molecule has 0 radical (unpaired) electrons. The molecule has 0 N–H and O–H groups in total. The molecule has 0 amide bonds. The number of nitrogens with zero attached hydrogens (tertiary/aromatic N) is 2. The summed E-state index contributed by atoms with van der Waals surface area (Å²) in [5.41, 5.74) is 34.2. The van der Waals surface area contributed by atoms with Gasteiger partial charge in [0.1, 0.15) is 45.8 Å². The lowest BCUT2D eigenvalue weighted by Crippen LogP contribution is -2.30. The van der Waals surface area contributed by atoms with Gasteiger partial charge in [0.25, 0.3) is 0 Å². The molecule has 0 fully saturated rings. The summed E-state index contributed by atoms with van der Waals surface area (Å²) >= 11 is 0. The third-order valence-corrected chi connectivity index (χ3v) is 25.4. The Kier molecular flexibility index (Phi) is 19.3. The van der Waals surface area contributed by atoms with Gasteiger partial charge in [-0.05, 0) is 331 Å². The minimum atomic E-state index is -0.790. The van der Waals surface area contributed by atoms with Crippen LogP contribution < -0.4 is 19.3 Å². The van der Waals surface area contributed by atoms with Crippen molar-refractivity contribution < 1.29 is 22.7 Å². The Morgan fingerprint density at radius 2 is 0.584 bits per heavy atom. The lowest BCUT2D eigenvalue weighted by atomic mass is 9.66. The van der Waals surface area contributed by atoms with E-state index in [1.807, 2.05) is 84.9 Å². The van der Waals surface area contributed by atoms with E-state index in [4.69, 9.17) is 13.9 Å². The van der Waals surface area contributed by atoms with Gasteiger partial charge in [0.05, 0.1) is 10.8 Å². The molecular weight excluding hydrogens is 1530 g/mol. The van der Waals surface area contributed by atoms with Crippen molar-refractivity contribution in [2.75, 3.05) is 9.80 Å². The molecule has 125 heavy (non-hydrogen) atoms. The molecule has 19 aromatic rings. The third-order valence-electron chi connectivity index (χ3n) is 25.4. The predicted molar refractivity (Wildman–Crippen MR) is 512 cm³/mol. The summed E-state index contributed by atoms with van der Waals surface area (Å²) in [6.07, 6.45) is 3.68. The Bertz CT molecular complexity index is 6980. The highest BCUT2D eigenvalue weighted by Crippen LogP contribution is 2.61. The van der Waals surface area contributed by atoms with Crippen LogP contribution in [0.15, 0.2) is 418 Å². The van der Waals surface area contributed by atoms with Gasteiger partial charge in [0.15, 0.2) is 0 Å². The summed E-state index contributed by atoms with van der Waals surface area (Å²) in [4.78, 5) is 4.78. The monoisotopic (exact) mass is 1610 g/mol. The maximum absolute atomic E-state index is 14.3. The van der Waals surface area contributed by atoms with Gasteiger partial charge in [0.2, 0.25) is 0 Å². The van der Waals surface area contributed by atoms with E-state index in [0.717, 1.165) is 179 Å². The molecule has 2 aliphatic rings. The van der Waals surface area contributed by atoms with Crippen LogP contribution in [0.3, 0.4) is 0 Å². The van der Waals surface area contributed by atoms with E-state index in [1.165, 1.54) is 68.8 Å². The number of hydrogen-bond donors (Lipinski definition) is 0. The number of benzene rings is 18. The van der Waals surface area contributed by atoms with Crippen LogP contribution in [0.2, 0.25) is 0 Å². The van der Waals surface area contributed by atoms with E-state index < -0.39 is 10.8 Å². The maximum atomic E-state index is 14.3. The van der Waals surface area contributed by atoms with Crippen molar-refractivity contribution >= 4 is 68.2 Å². The first kappa shape index (κ1) is 76.7. The summed E-state index contributed by atoms with van der Waals surface area (Å²) in [7, 11) is 0.